The maximum Gasteiger partial charge on any atom is 0.148 e. The second-order valence-corrected chi connectivity index (χ2v) is 8.22. The second kappa shape index (κ2) is 8.36. The molecule has 2 aliphatic rings. The number of halogens is 1. The van der Waals surface area contributed by atoms with Gasteiger partial charge in [0.2, 0.25) is 0 Å². The molecule has 0 saturated heterocycles. The van der Waals surface area contributed by atoms with Crippen LogP contribution < -0.4 is 0 Å². The maximum absolute atomic E-state index is 14.6. The van der Waals surface area contributed by atoms with E-state index in [2.05, 4.69) is 11.5 Å². The lowest BCUT2D eigenvalue weighted by molar-refractivity contribution is -0.105. The smallest absolute Gasteiger partial charge is 0.148 e. The highest BCUT2D eigenvalue weighted by Gasteiger charge is 2.30. The summed E-state index contributed by atoms with van der Waals surface area (Å²) in [6.45, 7) is 6.25. The molecule has 1 unspecified atom stereocenters. The zero-order valence-electron chi connectivity index (χ0n) is 18.2. The van der Waals surface area contributed by atoms with Crippen LogP contribution >= 0.6 is 0 Å². The van der Waals surface area contributed by atoms with Crippen LogP contribution in [0.25, 0.3) is 16.6 Å². The van der Waals surface area contributed by atoms with Gasteiger partial charge < -0.3 is 14.7 Å². The van der Waals surface area contributed by atoms with Crippen molar-refractivity contribution in [2.75, 3.05) is 20.8 Å². The number of hydrogen-bond acceptors (Lipinski definition) is 5. The van der Waals surface area contributed by atoms with Crippen LogP contribution in [0.3, 0.4) is 0 Å². The van der Waals surface area contributed by atoms with Crippen LogP contribution in [-0.4, -0.2) is 48.1 Å². The van der Waals surface area contributed by atoms with Crippen LogP contribution in [0.15, 0.2) is 35.9 Å². The lowest BCUT2D eigenvalue weighted by atomic mass is 9.85. The molecule has 0 saturated carbocycles. The monoisotopic (exact) mass is 422 g/mol. The molecule has 2 aromatic rings. The molecule has 1 N–H and O–H groups in total. The van der Waals surface area contributed by atoms with Gasteiger partial charge in [0.15, 0.2) is 0 Å². The Labute approximate surface area is 181 Å². The van der Waals surface area contributed by atoms with Crippen LogP contribution in [0.5, 0.6) is 0 Å². The Bertz CT molecular complexity index is 1150. The summed E-state index contributed by atoms with van der Waals surface area (Å²) in [6, 6.07) is 1.52. The molecule has 1 aliphatic carbocycles. The van der Waals surface area contributed by atoms with E-state index in [0.717, 1.165) is 47.2 Å². The van der Waals surface area contributed by atoms with Gasteiger partial charge in [-0.2, -0.15) is 0 Å². The van der Waals surface area contributed by atoms with Crippen molar-refractivity contribution < 1.29 is 19.0 Å². The number of aryl methyl sites for hydroxylation is 2. The van der Waals surface area contributed by atoms with Gasteiger partial charge in [-0.05, 0) is 54.5 Å². The molecular formula is C25H27FN2O3. The Morgan fingerprint density at radius 3 is 2.81 bits per heavy atom. The molecule has 1 aromatic heterocycles. The number of nitrogens with zero attached hydrogens (tertiary/aromatic N) is 2. The van der Waals surface area contributed by atoms with Gasteiger partial charge in [-0.1, -0.05) is 6.08 Å². The molecule has 1 aliphatic heterocycles. The molecule has 6 heteroatoms. The van der Waals surface area contributed by atoms with E-state index in [1.165, 1.54) is 24.8 Å². The summed E-state index contributed by atoms with van der Waals surface area (Å²) < 4.78 is 19.7. The number of rotatable bonds is 6. The van der Waals surface area contributed by atoms with E-state index >= 15 is 0 Å². The van der Waals surface area contributed by atoms with Crippen molar-refractivity contribution in [1.29, 1.82) is 0 Å². The average molecular weight is 423 g/mol. The van der Waals surface area contributed by atoms with E-state index < -0.39 is 6.10 Å². The summed E-state index contributed by atoms with van der Waals surface area (Å²) in [6.07, 6.45) is 5.61. The number of pyridine rings is 1. The fraction of sp³-hybridized carbons (Fsp3) is 0.360. The normalized spacial score (nSPS) is 18.2. The first-order chi connectivity index (χ1) is 14.9. The van der Waals surface area contributed by atoms with Gasteiger partial charge in [-0.15, -0.1) is 6.58 Å². The van der Waals surface area contributed by atoms with Crippen molar-refractivity contribution >= 4 is 22.9 Å². The number of aromatic nitrogens is 1. The molecule has 5 nitrogen and oxygen atoms in total. The quantitative estimate of drug-likeness (QED) is 0.437. The number of aliphatic hydroxyl groups excluding tert-OH is 1. The van der Waals surface area contributed by atoms with Crippen molar-refractivity contribution in [3.8, 4) is 0 Å². The summed E-state index contributed by atoms with van der Waals surface area (Å²) >= 11 is 0. The van der Waals surface area contributed by atoms with Gasteiger partial charge >= 0.3 is 0 Å². The predicted molar refractivity (Wildman–Crippen MR) is 119 cm³/mol. The molecule has 4 rings (SSSR count). The van der Waals surface area contributed by atoms with Crippen molar-refractivity contribution in [2.45, 2.75) is 38.8 Å². The summed E-state index contributed by atoms with van der Waals surface area (Å²) in [5, 5.41) is 11.6. The molecule has 0 spiro atoms. The molecule has 0 radical (unpaired) electrons. The summed E-state index contributed by atoms with van der Waals surface area (Å²) in [7, 11) is 3.45. The predicted octanol–water partition coefficient (Wildman–Crippen LogP) is 3.65. The minimum Gasteiger partial charge on any atom is -0.384 e. The zero-order valence-corrected chi connectivity index (χ0v) is 18.2. The Hall–Kier alpha value is -2.83. The Balaban J connectivity index is 1.98. The van der Waals surface area contributed by atoms with Crippen LogP contribution in [0, 0.1) is 12.7 Å². The van der Waals surface area contributed by atoms with Crippen LogP contribution in [0.2, 0.25) is 0 Å². The van der Waals surface area contributed by atoms with Crippen molar-refractivity contribution in [1.82, 2.24) is 9.88 Å². The molecule has 0 bridgehead atoms. The van der Waals surface area contributed by atoms with Gasteiger partial charge in [0.05, 0.1) is 29.6 Å². The topological polar surface area (TPSA) is 62.7 Å². The number of carbonyl (C=O) groups is 1. The number of aliphatic hydroxyl groups is 1. The SMILES string of the molecule is C=CC(O)C(/C=C1/c2nc3cc(F)c(C)c4c3c(c2CN1C)CCC4)=C(/C=O)COC. The molecular weight excluding hydrogens is 395 g/mol. The first-order valence-electron chi connectivity index (χ1n) is 10.5. The van der Waals surface area contributed by atoms with E-state index in [1.807, 2.05) is 14.0 Å². The number of carbonyl (C=O) groups excluding carboxylic acids is 1. The van der Waals surface area contributed by atoms with Crippen molar-refractivity contribution in [3.63, 3.8) is 0 Å². The van der Waals surface area contributed by atoms with Gasteiger partial charge in [0, 0.05) is 43.3 Å². The first kappa shape index (κ1) is 21.4. The third-order valence-electron chi connectivity index (χ3n) is 6.37. The fourth-order valence-corrected chi connectivity index (χ4v) is 4.77. The highest BCUT2D eigenvalue weighted by Crippen LogP contribution is 2.41. The number of ether oxygens (including phenoxy) is 1. The van der Waals surface area contributed by atoms with E-state index in [9.17, 15) is 14.3 Å². The highest BCUT2D eigenvalue weighted by molar-refractivity contribution is 5.92. The highest BCUT2D eigenvalue weighted by atomic mass is 19.1. The van der Waals surface area contributed by atoms with Gasteiger partial charge in [0.25, 0.3) is 0 Å². The molecule has 0 fully saturated rings. The largest absolute Gasteiger partial charge is 0.384 e. The zero-order chi connectivity index (χ0) is 22.3. The molecule has 162 valence electrons. The second-order valence-electron chi connectivity index (χ2n) is 8.22. The minimum atomic E-state index is -1.02. The third kappa shape index (κ3) is 3.50. The van der Waals surface area contributed by atoms with Crippen LogP contribution in [0.4, 0.5) is 4.39 Å². The van der Waals surface area contributed by atoms with E-state index in [-0.39, 0.29) is 12.4 Å². The summed E-state index contributed by atoms with van der Waals surface area (Å²) in [5.74, 6) is -0.231. The fourth-order valence-electron chi connectivity index (χ4n) is 4.77. The number of methoxy groups -OCH3 is 1. The molecule has 2 heterocycles. The van der Waals surface area contributed by atoms with Gasteiger partial charge in [-0.25, -0.2) is 9.37 Å². The number of aldehydes is 1. The standard InChI is InChI=1S/C25H27FN2O3/c1-5-23(30)18(15(12-29)13-31-4)9-22-25-19(11-28(22)3)17-8-6-7-16-14(2)20(26)10-21(27-25)24(16)17/h5,9-10,12,23,30H,1,6-8,11,13H2,2-4H3/b18-15-,22-9-. The third-order valence-corrected chi connectivity index (χ3v) is 6.37. The van der Waals surface area contributed by atoms with Crippen molar-refractivity contribution in [2.24, 2.45) is 0 Å². The van der Waals surface area contributed by atoms with Gasteiger partial charge in [-0.3, -0.25) is 4.79 Å². The van der Waals surface area contributed by atoms with Crippen molar-refractivity contribution in [3.05, 3.63) is 69.7 Å². The number of fused-ring (bicyclic) bond motifs is 2. The number of benzene rings is 1. The van der Waals surface area contributed by atoms with Crippen LogP contribution in [0.1, 0.15) is 34.4 Å². The lowest BCUT2D eigenvalue weighted by Gasteiger charge is -2.21. The Morgan fingerprint density at radius 2 is 2.13 bits per heavy atom. The Morgan fingerprint density at radius 1 is 1.39 bits per heavy atom. The average Bonchev–Trinajstić information content (AvgIpc) is 3.08. The maximum atomic E-state index is 14.6. The molecule has 31 heavy (non-hydrogen) atoms. The Kier molecular flexibility index (Phi) is 5.77. The van der Waals surface area contributed by atoms with Crippen LogP contribution in [-0.2, 0) is 28.9 Å². The minimum absolute atomic E-state index is 0.0777. The van der Waals surface area contributed by atoms with Gasteiger partial charge in [0.1, 0.15) is 12.1 Å². The number of hydrogen-bond donors (Lipinski definition) is 1. The first-order valence-corrected chi connectivity index (χ1v) is 10.5. The molecule has 1 aromatic carbocycles. The summed E-state index contributed by atoms with van der Waals surface area (Å²) in [4.78, 5) is 18.6. The van der Waals surface area contributed by atoms with E-state index in [4.69, 9.17) is 9.72 Å². The van der Waals surface area contributed by atoms with E-state index in [1.54, 1.807) is 6.08 Å². The molecule has 1 atom stereocenters. The molecule has 0 amide bonds. The lowest BCUT2D eigenvalue weighted by Crippen LogP contribution is -2.14. The summed E-state index contributed by atoms with van der Waals surface area (Å²) in [5.41, 5.74) is 7.15. The van der Waals surface area contributed by atoms with E-state index in [0.29, 0.717) is 35.1 Å².